The molecule has 3 N–H and O–H groups in total. The van der Waals surface area contributed by atoms with E-state index in [2.05, 4.69) is 10.3 Å². The summed E-state index contributed by atoms with van der Waals surface area (Å²) in [7, 11) is 0. The Morgan fingerprint density at radius 1 is 1.75 bits per heavy atom. The van der Waals surface area contributed by atoms with Gasteiger partial charge in [0, 0.05) is 6.42 Å². The number of aliphatic hydroxyl groups is 2. The van der Waals surface area contributed by atoms with Gasteiger partial charge in [0.05, 0.1) is 6.61 Å². The normalized spacial score (nSPS) is 38.2. The van der Waals surface area contributed by atoms with Gasteiger partial charge in [0.15, 0.2) is 0 Å². The zero-order valence-corrected chi connectivity index (χ0v) is 4.37. The van der Waals surface area contributed by atoms with Crippen molar-refractivity contribution in [1.82, 2.24) is 5.48 Å². The third kappa shape index (κ3) is 1.16. The van der Waals surface area contributed by atoms with E-state index in [1.807, 2.05) is 0 Å². The van der Waals surface area contributed by atoms with Crippen LogP contribution in [0.3, 0.4) is 0 Å². The Labute approximate surface area is 47.0 Å². The van der Waals surface area contributed by atoms with Crippen LogP contribution in [0.4, 0.5) is 0 Å². The van der Waals surface area contributed by atoms with E-state index in [0.29, 0.717) is 6.42 Å². The molecule has 1 unspecified atom stereocenters. The Morgan fingerprint density at radius 2 is 2.50 bits per heavy atom. The molecular weight excluding hydrogens is 110 g/mol. The molecule has 0 spiro atoms. The summed E-state index contributed by atoms with van der Waals surface area (Å²) in [4.78, 5) is 4.66. The van der Waals surface area contributed by atoms with E-state index in [1.54, 1.807) is 0 Å². The van der Waals surface area contributed by atoms with Crippen LogP contribution in [0, 0.1) is 0 Å². The van der Waals surface area contributed by atoms with Crippen LogP contribution in [-0.2, 0) is 4.84 Å². The number of hydrogen-bond acceptors (Lipinski definition) is 4. The first-order valence-corrected chi connectivity index (χ1v) is 2.53. The van der Waals surface area contributed by atoms with Crippen LogP contribution in [-0.4, -0.2) is 29.2 Å². The van der Waals surface area contributed by atoms with Crippen LogP contribution in [0.2, 0.25) is 0 Å². The van der Waals surface area contributed by atoms with Crippen molar-refractivity contribution >= 4 is 0 Å². The Morgan fingerprint density at radius 3 is 2.75 bits per heavy atom. The van der Waals surface area contributed by atoms with Crippen molar-refractivity contribution in [1.29, 1.82) is 0 Å². The summed E-state index contributed by atoms with van der Waals surface area (Å²) in [5.41, 5.74) is 2.32. The molecule has 0 radical (unpaired) electrons. The quantitative estimate of drug-likeness (QED) is 0.397. The van der Waals surface area contributed by atoms with Crippen LogP contribution in [0.1, 0.15) is 6.42 Å². The SMILES string of the molecule is OC[C@@H]1CC(O)NO1. The Balaban J connectivity index is 2.22. The highest BCUT2D eigenvalue weighted by atomic mass is 16.7. The lowest BCUT2D eigenvalue weighted by Crippen LogP contribution is -2.18. The molecule has 48 valence electrons. The van der Waals surface area contributed by atoms with Crippen LogP contribution >= 0.6 is 0 Å². The second-order valence-electron chi connectivity index (χ2n) is 1.79. The fourth-order valence-corrected chi connectivity index (χ4v) is 0.632. The first-order valence-electron chi connectivity index (χ1n) is 2.53. The largest absolute Gasteiger partial charge is 0.394 e. The van der Waals surface area contributed by atoms with Crippen molar-refractivity contribution in [2.45, 2.75) is 18.8 Å². The second kappa shape index (κ2) is 2.41. The molecular formula is C4H9NO3. The molecule has 0 bridgehead atoms. The van der Waals surface area contributed by atoms with E-state index in [9.17, 15) is 0 Å². The van der Waals surface area contributed by atoms with E-state index >= 15 is 0 Å². The summed E-state index contributed by atoms with van der Waals surface area (Å²) in [6.07, 6.45) is -0.367. The summed E-state index contributed by atoms with van der Waals surface area (Å²) < 4.78 is 0. The molecule has 0 aromatic carbocycles. The van der Waals surface area contributed by atoms with Crippen LogP contribution < -0.4 is 5.48 Å². The molecule has 1 aliphatic heterocycles. The molecule has 2 atom stereocenters. The first kappa shape index (κ1) is 5.97. The van der Waals surface area contributed by atoms with Crippen molar-refractivity contribution in [2.24, 2.45) is 0 Å². The molecule has 1 aliphatic rings. The molecule has 0 aliphatic carbocycles. The summed E-state index contributed by atoms with van der Waals surface area (Å²) in [5.74, 6) is 0. The number of aliphatic hydroxyl groups excluding tert-OH is 2. The highest BCUT2D eigenvalue weighted by molar-refractivity contribution is 4.64. The van der Waals surface area contributed by atoms with Crippen molar-refractivity contribution < 1.29 is 15.1 Å². The second-order valence-corrected chi connectivity index (χ2v) is 1.79. The summed E-state index contributed by atoms with van der Waals surface area (Å²) in [6, 6.07) is 0. The van der Waals surface area contributed by atoms with Gasteiger partial charge in [-0.25, -0.2) is 0 Å². The van der Waals surface area contributed by atoms with E-state index in [-0.39, 0.29) is 12.7 Å². The first-order chi connectivity index (χ1) is 3.83. The molecule has 1 rings (SSSR count). The lowest BCUT2D eigenvalue weighted by atomic mass is 10.3. The number of hydrogen-bond donors (Lipinski definition) is 3. The fourth-order valence-electron chi connectivity index (χ4n) is 0.632. The zero-order valence-electron chi connectivity index (χ0n) is 4.37. The molecule has 4 heteroatoms. The van der Waals surface area contributed by atoms with Crippen LogP contribution in [0.15, 0.2) is 0 Å². The van der Waals surface area contributed by atoms with Gasteiger partial charge in [-0.3, -0.25) is 4.84 Å². The minimum Gasteiger partial charge on any atom is -0.394 e. The van der Waals surface area contributed by atoms with Crippen LogP contribution in [0.25, 0.3) is 0 Å². The average molecular weight is 119 g/mol. The molecule has 8 heavy (non-hydrogen) atoms. The van der Waals surface area contributed by atoms with Gasteiger partial charge in [0.25, 0.3) is 0 Å². The summed E-state index contributed by atoms with van der Waals surface area (Å²) in [6.45, 7) is -0.0376. The fraction of sp³-hybridized carbons (Fsp3) is 1.00. The van der Waals surface area contributed by atoms with Gasteiger partial charge in [0.1, 0.15) is 12.3 Å². The van der Waals surface area contributed by atoms with Gasteiger partial charge in [-0.15, -0.1) is 0 Å². The predicted octanol–water partition coefficient (Wildman–Crippen LogP) is -1.41. The Hall–Kier alpha value is -0.160. The Kier molecular flexibility index (Phi) is 1.80. The lowest BCUT2D eigenvalue weighted by molar-refractivity contribution is -0.0253. The molecule has 0 amide bonds. The van der Waals surface area contributed by atoms with Gasteiger partial charge in [-0.05, 0) is 0 Å². The monoisotopic (exact) mass is 119 g/mol. The van der Waals surface area contributed by atoms with Crippen molar-refractivity contribution in [3.63, 3.8) is 0 Å². The van der Waals surface area contributed by atoms with Gasteiger partial charge in [0.2, 0.25) is 0 Å². The van der Waals surface area contributed by atoms with E-state index in [0.717, 1.165) is 0 Å². The standard InChI is InChI=1S/C4H9NO3/c6-2-3-1-4(7)5-8-3/h3-7H,1-2H2/t3-,4?/m0/s1. The van der Waals surface area contributed by atoms with Gasteiger partial charge >= 0.3 is 0 Å². The molecule has 1 saturated heterocycles. The maximum Gasteiger partial charge on any atom is 0.129 e. The van der Waals surface area contributed by atoms with E-state index < -0.39 is 6.23 Å². The van der Waals surface area contributed by atoms with Crippen LogP contribution in [0.5, 0.6) is 0 Å². The average Bonchev–Trinajstić information content (AvgIpc) is 2.14. The maximum atomic E-state index is 8.68. The van der Waals surface area contributed by atoms with Gasteiger partial charge in [-0.1, -0.05) is 0 Å². The molecule has 4 nitrogen and oxygen atoms in total. The van der Waals surface area contributed by atoms with Gasteiger partial charge < -0.3 is 10.2 Å². The molecule has 0 saturated carbocycles. The Bertz CT molecular complexity index is 77.7. The number of hydroxylamine groups is 1. The summed E-state index contributed by atoms with van der Waals surface area (Å²) in [5, 5.41) is 17.1. The highest BCUT2D eigenvalue weighted by Crippen LogP contribution is 2.05. The predicted molar refractivity (Wildman–Crippen MR) is 25.7 cm³/mol. The van der Waals surface area contributed by atoms with Crippen molar-refractivity contribution in [3.8, 4) is 0 Å². The molecule has 0 aromatic rings. The number of nitrogens with one attached hydrogen (secondary N) is 1. The molecule has 1 heterocycles. The molecule has 1 fully saturated rings. The maximum absolute atomic E-state index is 8.68. The topological polar surface area (TPSA) is 61.7 Å². The zero-order chi connectivity index (χ0) is 5.98. The highest BCUT2D eigenvalue weighted by Gasteiger charge is 2.21. The van der Waals surface area contributed by atoms with Crippen molar-refractivity contribution in [2.75, 3.05) is 6.61 Å². The minimum atomic E-state index is -0.604. The molecule has 0 aromatic heterocycles. The van der Waals surface area contributed by atoms with Gasteiger partial charge in [-0.2, -0.15) is 5.48 Å². The van der Waals surface area contributed by atoms with E-state index in [4.69, 9.17) is 10.2 Å². The third-order valence-electron chi connectivity index (χ3n) is 1.06. The number of rotatable bonds is 1. The van der Waals surface area contributed by atoms with E-state index in [1.165, 1.54) is 0 Å². The van der Waals surface area contributed by atoms with Crippen molar-refractivity contribution in [3.05, 3.63) is 0 Å². The summed E-state index contributed by atoms with van der Waals surface area (Å²) >= 11 is 0. The third-order valence-corrected chi connectivity index (χ3v) is 1.06. The minimum absolute atomic E-state index is 0.0376. The lowest BCUT2D eigenvalue weighted by Gasteiger charge is -1.98. The smallest absolute Gasteiger partial charge is 0.129 e.